The van der Waals surface area contributed by atoms with Crippen molar-refractivity contribution < 1.29 is 0 Å². The molecular formula is C11H22N2. The Morgan fingerprint density at radius 3 is 2.54 bits per heavy atom. The molecule has 2 N–H and O–H groups in total. The Bertz CT molecular complexity index is 161. The van der Waals surface area contributed by atoms with E-state index in [1.54, 1.807) is 0 Å². The Kier molecular flexibility index (Phi) is 3.94. The van der Waals surface area contributed by atoms with Crippen molar-refractivity contribution in [3.63, 3.8) is 0 Å². The van der Waals surface area contributed by atoms with E-state index in [1.165, 1.54) is 12.8 Å². The highest BCUT2D eigenvalue weighted by Crippen LogP contribution is 2.26. The van der Waals surface area contributed by atoms with Gasteiger partial charge in [0.2, 0.25) is 0 Å². The van der Waals surface area contributed by atoms with Crippen LogP contribution >= 0.6 is 0 Å². The summed E-state index contributed by atoms with van der Waals surface area (Å²) in [5, 5.41) is 0. The quantitative estimate of drug-likeness (QED) is 0.632. The molecule has 1 aliphatic rings. The molecule has 1 rings (SSSR count). The van der Waals surface area contributed by atoms with Gasteiger partial charge < -0.3 is 5.73 Å². The van der Waals surface area contributed by atoms with E-state index in [9.17, 15) is 0 Å². The summed E-state index contributed by atoms with van der Waals surface area (Å²) in [6.07, 6.45) is 4.67. The zero-order valence-electron chi connectivity index (χ0n) is 8.87. The molecule has 76 valence electrons. The van der Waals surface area contributed by atoms with Gasteiger partial charge in [0, 0.05) is 25.2 Å². The first-order valence-electron chi connectivity index (χ1n) is 5.25. The van der Waals surface area contributed by atoms with Gasteiger partial charge in [-0.2, -0.15) is 0 Å². The minimum atomic E-state index is 0.306. The Morgan fingerprint density at radius 1 is 1.54 bits per heavy atom. The van der Waals surface area contributed by atoms with Gasteiger partial charge in [-0.25, -0.2) is 0 Å². The van der Waals surface area contributed by atoms with Crippen LogP contribution < -0.4 is 5.73 Å². The van der Waals surface area contributed by atoms with Gasteiger partial charge in [-0.1, -0.05) is 19.9 Å². The predicted molar refractivity (Wildman–Crippen MR) is 57.6 cm³/mol. The highest BCUT2D eigenvalue weighted by molar-refractivity contribution is 4.90. The number of nitrogens with two attached hydrogens (primary N) is 1. The molecule has 0 aromatic heterocycles. The van der Waals surface area contributed by atoms with Gasteiger partial charge in [0.05, 0.1) is 0 Å². The Hall–Kier alpha value is -0.340. The van der Waals surface area contributed by atoms with Crippen LogP contribution in [-0.4, -0.2) is 30.1 Å². The molecule has 0 aliphatic heterocycles. The fourth-order valence-corrected chi connectivity index (χ4v) is 1.46. The Labute approximate surface area is 81.8 Å². The SMILES string of the molecule is C=CCN(CC(N)C(C)C)C1CC1. The summed E-state index contributed by atoms with van der Waals surface area (Å²) in [6.45, 7) is 10.2. The lowest BCUT2D eigenvalue weighted by Gasteiger charge is -2.26. The van der Waals surface area contributed by atoms with Gasteiger partial charge in [0.25, 0.3) is 0 Å². The van der Waals surface area contributed by atoms with Crippen LogP contribution in [0.25, 0.3) is 0 Å². The van der Waals surface area contributed by atoms with Crippen molar-refractivity contribution in [2.24, 2.45) is 11.7 Å². The average molecular weight is 182 g/mol. The number of hydrogen-bond donors (Lipinski definition) is 1. The second-order valence-corrected chi connectivity index (χ2v) is 4.38. The maximum atomic E-state index is 6.04. The van der Waals surface area contributed by atoms with Crippen LogP contribution in [0.1, 0.15) is 26.7 Å². The summed E-state index contributed by atoms with van der Waals surface area (Å²) in [6, 6.07) is 1.10. The molecule has 0 radical (unpaired) electrons. The second kappa shape index (κ2) is 4.77. The van der Waals surface area contributed by atoms with Crippen molar-refractivity contribution in [3.05, 3.63) is 12.7 Å². The van der Waals surface area contributed by atoms with Gasteiger partial charge in [-0.15, -0.1) is 6.58 Å². The van der Waals surface area contributed by atoms with Gasteiger partial charge in [0.15, 0.2) is 0 Å². The maximum Gasteiger partial charge on any atom is 0.0191 e. The molecule has 2 heteroatoms. The highest BCUT2D eigenvalue weighted by atomic mass is 15.2. The highest BCUT2D eigenvalue weighted by Gasteiger charge is 2.29. The molecule has 1 fully saturated rings. The predicted octanol–water partition coefficient (Wildman–Crippen LogP) is 1.62. The lowest BCUT2D eigenvalue weighted by atomic mass is 10.1. The van der Waals surface area contributed by atoms with Crippen LogP contribution in [0.2, 0.25) is 0 Å². The van der Waals surface area contributed by atoms with E-state index in [0.29, 0.717) is 12.0 Å². The van der Waals surface area contributed by atoms with E-state index in [4.69, 9.17) is 5.73 Å². The van der Waals surface area contributed by atoms with Crippen LogP contribution in [0.3, 0.4) is 0 Å². The topological polar surface area (TPSA) is 29.3 Å². The lowest BCUT2D eigenvalue weighted by molar-refractivity contribution is 0.251. The molecule has 0 bridgehead atoms. The fourth-order valence-electron chi connectivity index (χ4n) is 1.46. The standard InChI is InChI=1S/C11H22N2/c1-4-7-13(10-5-6-10)8-11(12)9(2)3/h4,9-11H,1,5-8,12H2,2-3H3. The molecular weight excluding hydrogens is 160 g/mol. The van der Waals surface area contributed by atoms with Crippen LogP contribution in [0.4, 0.5) is 0 Å². The van der Waals surface area contributed by atoms with Crippen molar-refractivity contribution in [1.82, 2.24) is 4.90 Å². The molecule has 0 saturated heterocycles. The Morgan fingerprint density at radius 2 is 2.15 bits per heavy atom. The smallest absolute Gasteiger partial charge is 0.0191 e. The molecule has 2 nitrogen and oxygen atoms in total. The first-order valence-corrected chi connectivity index (χ1v) is 5.25. The molecule has 0 heterocycles. The van der Waals surface area contributed by atoms with Gasteiger partial charge >= 0.3 is 0 Å². The normalized spacial score (nSPS) is 19.5. The van der Waals surface area contributed by atoms with E-state index in [2.05, 4.69) is 25.3 Å². The lowest BCUT2D eigenvalue weighted by Crippen LogP contribution is -2.41. The van der Waals surface area contributed by atoms with Crippen molar-refractivity contribution in [2.75, 3.05) is 13.1 Å². The van der Waals surface area contributed by atoms with Crippen LogP contribution in [0.15, 0.2) is 12.7 Å². The van der Waals surface area contributed by atoms with Crippen molar-refractivity contribution in [1.29, 1.82) is 0 Å². The zero-order valence-corrected chi connectivity index (χ0v) is 8.87. The van der Waals surface area contributed by atoms with Crippen molar-refractivity contribution in [3.8, 4) is 0 Å². The first kappa shape index (κ1) is 10.7. The molecule has 0 spiro atoms. The maximum absolute atomic E-state index is 6.04. The van der Waals surface area contributed by atoms with Crippen LogP contribution in [0, 0.1) is 5.92 Å². The molecule has 0 amide bonds. The summed E-state index contributed by atoms with van der Waals surface area (Å²) in [4.78, 5) is 2.46. The number of nitrogens with zero attached hydrogens (tertiary/aromatic N) is 1. The minimum absolute atomic E-state index is 0.306. The summed E-state index contributed by atoms with van der Waals surface area (Å²) >= 11 is 0. The van der Waals surface area contributed by atoms with E-state index in [0.717, 1.165) is 19.1 Å². The van der Waals surface area contributed by atoms with Gasteiger partial charge in [-0.05, 0) is 18.8 Å². The van der Waals surface area contributed by atoms with Gasteiger partial charge in [-0.3, -0.25) is 4.90 Å². The Balaban J connectivity index is 2.32. The fraction of sp³-hybridized carbons (Fsp3) is 0.818. The van der Waals surface area contributed by atoms with E-state index < -0.39 is 0 Å². The van der Waals surface area contributed by atoms with Crippen molar-refractivity contribution >= 4 is 0 Å². The average Bonchev–Trinajstić information content (AvgIpc) is 2.85. The van der Waals surface area contributed by atoms with Gasteiger partial charge in [0.1, 0.15) is 0 Å². The third kappa shape index (κ3) is 3.49. The molecule has 1 atom stereocenters. The molecule has 0 aromatic carbocycles. The largest absolute Gasteiger partial charge is 0.326 e. The molecule has 0 aromatic rings. The first-order chi connectivity index (χ1) is 6.15. The molecule has 1 aliphatic carbocycles. The van der Waals surface area contributed by atoms with E-state index >= 15 is 0 Å². The molecule has 1 unspecified atom stereocenters. The summed E-state index contributed by atoms with van der Waals surface area (Å²) in [5.74, 6) is 0.575. The minimum Gasteiger partial charge on any atom is -0.326 e. The number of hydrogen-bond acceptors (Lipinski definition) is 2. The monoisotopic (exact) mass is 182 g/mol. The van der Waals surface area contributed by atoms with Crippen LogP contribution in [-0.2, 0) is 0 Å². The van der Waals surface area contributed by atoms with E-state index in [1.807, 2.05) is 6.08 Å². The molecule has 1 saturated carbocycles. The summed E-state index contributed by atoms with van der Waals surface area (Å²) in [5.41, 5.74) is 6.04. The van der Waals surface area contributed by atoms with E-state index in [-0.39, 0.29) is 0 Å². The van der Waals surface area contributed by atoms with Crippen LogP contribution in [0.5, 0.6) is 0 Å². The zero-order chi connectivity index (χ0) is 9.84. The third-order valence-electron chi connectivity index (χ3n) is 2.73. The second-order valence-electron chi connectivity index (χ2n) is 4.38. The summed E-state index contributed by atoms with van der Waals surface area (Å²) < 4.78 is 0. The molecule has 13 heavy (non-hydrogen) atoms. The van der Waals surface area contributed by atoms with Crippen molar-refractivity contribution in [2.45, 2.75) is 38.8 Å². The summed E-state index contributed by atoms with van der Waals surface area (Å²) in [7, 11) is 0. The number of rotatable bonds is 6. The third-order valence-corrected chi connectivity index (χ3v) is 2.73.